The van der Waals surface area contributed by atoms with Crippen molar-refractivity contribution < 1.29 is 0 Å². The van der Waals surface area contributed by atoms with Gasteiger partial charge in [0.1, 0.15) is 11.3 Å². The van der Waals surface area contributed by atoms with Crippen LogP contribution in [0.1, 0.15) is 11.4 Å². The van der Waals surface area contributed by atoms with Gasteiger partial charge in [-0.1, -0.05) is 12.1 Å². The molecule has 0 saturated heterocycles. The van der Waals surface area contributed by atoms with Gasteiger partial charge in [0.05, 0.1) is 11.0 Å². The highest BCUT2D eigenvalue weighted by Gasteiger charge is 2.12. The monoisotopic (exact) mass is 226 g/mol. The molecule has 0 aliphatic carbocycles. The van der Waals surface area contributed by atoms with E-state index in [2.05, 4.69) is 33.6 Å². The molecule has 0 spiro atoms. The minimum atomic E-state index is 0.502. The number of nitrogens with zero attached hydrogens (tertiary/aromatic N) is 3. The van der Waals surface area contributed by atoms with Gasteiger partial charge in [-0.15, -0.1) is 0 Å². The Kier molecular flexibility index (Phi) is 1.90. The molecule has 0 fully saturated rings. The molecule has 1 aromatic carbocycles. The van der Waals surface area contributed by atoms with E-state index in [1.807, 2.05) is 20.0 Å². The van der Waals surface area contributed by atoms with Crippen LogP contribution in [0.5, 0.6) is 0 Å². The van der Waals surface area contributed by atoms with Crippen molar-refractivity contribution in [3.05, 3.63) is 29.6 Å². The zero-order valence-electron chi connectivity index (χ0n) is 10.2. The van der Waals surface area contributed by atoms with Gasteiger partial charge in [0.2, 0.25) is 0 Å². The lowest BCUT2D eigenvalue weighted by Crippen LogP contribution is -1.95. The van der Waals surface area contributed by atoms with Gasteiger partial charge in [-0.05, 0) is 25.5 Å². The third-order valence-electron chi connectivity index (χ3n) is 3.21. The van der Waals surface area contributed by atoms with Gasteiger partial charge in [-0.2, -0.15) is 0 Å². The van der Waals surface area contributed by atoms with Crippen LogP contribution in [0.15, 0.2) is 18.2 Å². The van der Waals surface area contributed by atoms with Crippen LogP contribution in [-0.4, -0.2) is 14.5 Å². The van der Waals surface area contributed by atoms with Gasteiger partial charge in [0, 0.05) is 12.4 Å². The zero-order valence-corrected chi connectivity index (χ0v) is 10.2. The van der Waals surface area contributed by atoms with Crippen molar-refractivity contribution in [2.24, 2.45) is 7.05 Å². The smallest absolute Gasteiger partial charge is 0.152 e. The van der Waals surface area contributed by atoms with Gasteiger partial charge in [-0.25, -0.2) is 9.97 Å². The molecule has 17 heavy (non-hydrogen) atoms. The fourth-order valence-corrected chi connectivity index (χ4v) is 2.21. The van der Waals surface area contributed by atoms with Crippen LogP contribution in [0.2, 0.25) is 0 Å². The zero-order chi connectivity index (χ0) is 12.2. The van der Waals surface area contributed by atoms with E-state index in [1.54, 1.807) is 0 Å². The number of aromatic nitrogens is 3. The first-order chi connectivity index (χ1) is 8.08. The molecule has 2 heterocycles. The average molecular weight is 226 g/mol. The molecule has 0 aliphatic rings. The Bertz CT molecular complexity index is 740. The minimum absolute atomic E-state index is 0.502. The van der Waals surface area contributed by atoms with Crippen LogP contribution in [-0.2, 0) is 7.05 Å². The van der Waals surface area contributed by atoms with Crippen LogP contribution < -0.4 is 5.73 Å². The maximum atomic E-state index is 5.97. The molecule has 0 saturated carbocycles. The van der Waals surface area contributed by atoms with Crippen molar-refractivity contribution >= 4 is 27.8 Å². The van der Waals surface area contributed by atoms with E-state index in [-0.39, 0.29) is 0 Å². The first kappa shape index (κ1) is 10.1. The van der Waals surface area contributed by atoms with E-state index in [1.165, 1.54) is 5.56 Å². The van der Waals surface area contributed by atoms with Crippen molar-refractivity contribution in [1.29, 1.82) is 0 Å². The topological polar surface area (TPSA) is 56.7 Å². The summed E-state index contributed by atoms with van der Waals surface area (Å²) in [7, 11) is 2.00. The number of anilines is 1. The summed E-state index contributed by atoms with van der Waals surface area (Å²) >= 11 is 0. The largest absolute Gasteiger partial charge is 0.382 e. The average Bonchev–Trinajstić information content (AvgIpc) is 2.57. The molecule has 4 nitrogen and oxygen atoms in total. The highest BCUT2D eigenvalue weighted by molar-refractivity contribution is 6.06. The molecule has 3 aromatic rings. The molecule has 0 aliphatic heterocycles. The molecule has 2 N–H and O–H groups in total. The Hall–Kier alpha value is -2.10. The third kappa shape index (κ3) is 1.30. The second-order valence-corrected chi connectivity index (χ2v) is 4.43. The molecule has 4 heteroatoms. The number of rotatable bonds is 0. The number of nitrogens with two attached hydrogens (primary N) is 1. The standard InChI is InChI=1S/C13H14N4/c1-7-4-5-9-10(6-7)16-13(14)11-12(9)17(3)8(2)15-11/h4-6H,1-3H3,(H2,14,16). The highest BCUT2D eigenvalue weighted by Crippen LogP contribution is 2.28. The van der Waals surface area contributed by atoms with E-state index in [0.29, 0.717) is 5.82 Å². The van der Waals surface area contributed by atoms with E-state index in [9.17, 15) is 0 Å². The van der Waals surface area contributed by atoms with Crippen LogP contribution in [0.4, 0.5) is 5.82 Å². The summed E-state index contributed by atoms with van der Waals surface area (Å²) in [5.74, 6) is 1.45. The number of hydrogen-bond acceptors (Lipinski definition) is 3. The number of aryl methyl sites for hydroxylation is 3. The maximum Gasteiger partial charge on any atom is 0.152 e. The van der Waals surface area contributed by atoms with Crippen LogP contribution in [0.25, 0.3) is 21.9 Å². The Balaban J connectivity index is 2.62. The fourth-order valence-electron chi connectivity index (χ4n) is 2.21. The number of nitrogen functional groups attached to an aromatic ring is 1. The maximum absolute atomic E-state index is 5.97. The van der Waals surface area contributed by atoms with Gasteiger partial charge < -0.3 is 10.3 Å². The normalized spacial score (nSPS) is 11.5. The van der Waals surface area contributed by atoms with Gasteiger partial charge in [0.25, 0.3) is 0 Å². The molecular weight excluding hydrogens is 212 g/mol. The molecular formula is C13H14N4. The first-order valence-corrected chi connectivity index (χ1v) is 5.57. The predicted molar refractivity (Wildman–Crippen MR) is 69.9 cm³/mol. The summed E-state index contributed by atoms with van der Waals surface area (Å²) < 4.78 is 2.06. The summed E-state index contributed by atoms with van der Waals surface area (Å²) in [6.07, 6.45) is 0. The van der Waals surface area contributed by atoms with Crippen LogP contribution in [0, 0.1) is 13.8 Å². The lowest BCUT2D eigenvalue weighted by molar-refractivity contribution is 0.888. The second kappa shape index (κ2) is 3.20. The van der Waals surface area contributed by atoms with Crippen molar-refractivity contribution in [3.8, 4) is 0 Å². The summed E-state index contributed by atoms with van der Waals surface area (Å²) in [4.78, 5) is 8.88. The van der Waals surface area contributed by atoms with Gasteiger partial charge >= 0.3 is 0 Å². The SMILES string of the molecule is Cc1ccc2c(c1)nc(N)c1nc(C)n(C)c12. The van der Waals surface area contributed by atoms with Crippen LogP contribution >= 0.6 is 0 Å². The van der Waals surface area contributed by atoms with Crippen molar-refractivity contribution in [2.75, 3.05) is 5.73 Å². The lowest BCUT2D eigenvalue weighted by Gasteiger charge is -2.04. The second-order valence-electron chi connectivity index (χ2n) is 4.43. The number of imidazole rings is 1. The van der Waals surface area contributed by atoms with Crippen LogP contribution in [0.3, 0.4) is 0 Å². The van der Waals surface area contributed by atoms with E-state index < -0.39 is 0 Å². The highest BCUT2D eigenvalue weighted by atomic mass is 15.1. The summed E-state index contributed by atoms with van der Waals surface area (Å²) in [6.45, 7) is 4.02. The summed E-state index contributed by atoms with van der Waals surface area (Å²) in [5, 5.41) is 1.10. The van der Waals surface area contributed by atoms with Crippen molar-refractivity contribution in [2.45, 2.75) is 13.8 Å². The Morgan fingerprint density at radius 2 is 1.94 bits per heavy atom. The third-order valence-corrected chi connectivity index (χ3v) is 3.21. The Labute approximate surface area is 99.1 Å². The molecule has 86 valence electrons. The van der Waals surface area contributed by atoms with E-state index >= 15 is 0 Å². The first-order valence-electron chi connectivity index (χ1n) is 5.57. The van der Waals surface area contributed by atoms with Crippen molar-refractivity contribution in [1.82, 2.24) is 14.5 Å². The number of hydrogen-bond donors (Lipinski definition) is 1. The van der Waals surface area contributed by atoms with E-state index in [4.69, 9.17) is 5.73 Å². The molecule has 0 bridgehead atoms. The van der Waals surface area contributed by atoms with Gasteiger partial charge in [-0.3, -0.25) is 0 Å². The molecule has 0 radical (unpaired) electrons. The van der Waals surface area contributed by atoms with Gasteiger partial charge in [0.15, 0.2) is 5.82 Å². The summed E-state index contributed by atoms with van der Waals surface area (Å²) in [6, 6.07) is 6.22. The molecule has 0 atom stereocenters. The number of pyridine rings is 1. The minimum Gasteiger partial charge on any atom is -0.382 e. The predicted octanol–water partition coefficient (Wildman–Crippen LogP) is 2.32. The quantitative estimate of drug-likeness (QED) is 0.640. The molecule has 0 amide bonds. The number of benzene rings is 1. The fraction of sp³-hybridized carbons (Fsp3) is 0.231. The Morgan fingerprint density at radius 3 is 2.71 bits per heavy atom. The van der Waals surface area contributed by atoms with Crippen molar-refractivity contribution in [3.63, 3.8) is 0 Å². The molecule has 3 rings (SSSR count). The molecule has 2 aromatic heterocycles. The van der Waals surface area contributed by atoms with E-state index in [0.717, 1.165) is 27.8 Å². The number of fused-ring (bicyclic) bond motifs is 3. The lowest BCUT2D eigenvalue weighted by atomic mass is 10.1. The molecule has 0 unspecified atom stereocenters. The Morgan fingerprint density at radius 1 is 1.18 bits per heavy atom. The summed E-state index contributed by atoms with van der Waals surface area (Å²) in [5.41, 5.74) is 9.93.